The van der Waals surface area contributed by atoms with Gasteiger partial charge in [0.1, 0.15) is 0 Å². The van der Waals surface area contributed by atoms with Gasteiger partial charge in [0.25, 0.3) is 0 Å². The van der Waals surface area contributed by atoms with E-state index >= 15 is 0 Å². The molecule has 116 valence electrons. The highest BCUT2D eigenvalue weighted by molar-refractivity contribution is 6.35. The minimum atomic E-state index is -0.524. The fourth-order valence-corrected chi connectivity index (χ4v) is 2.33. The van der Waals surface area contributed by atoms with Gasteiger partial charge < -0.3 is 10.2 Å². The van der Waals surface area contributed by atoms with E-state index in [9.17, 15) is 9.59 Å². The third-order valence-electron chi connectivity index (χ3n) is 3.36. The van der Waals surface area contributed by atoms with Crippen LogP contribution in [0.1, 0.15) is 38.8 Å². The molecule has 0 saturated heterocycles. The van der Waals surface area contributed by atoms with Crippen LogP contribution in [0.5, 0.6) is 0 Å². The number of aryl methyl sites for hydroxylation is 1. The van der Waals surface area contributed by atoms with E-state index in [1.165, 1.54) is 5.56 Å². The summed E-state index contributed by atoms with van der Waals surface area (Å²) >= 11 is 0. The minimum absolute atomic E-state index is 0.0142. The molecule has 0 heterocycles. The van der Waals surface area contributed by atoms with Crippen molar-refractivity contribution >= 4 is 11.8 Å². The normalized spacial score (nSPS) is 10.8. The van der Waals surface area contributed by atoms with Crippen LogP contribution in [0.3, 0.4) is 0 Å². The lowest BCUT2D eigenvalue weighted by Gasteiger charge is -2.29. The van der Waals surface area contributed by atoms with Crippen LogP contribution in [0.2, 0.25) is 0 Å². The minimum Gasteiger partial charge on any atom is -0.347 e. The highest BCUT2D eigenvalue weighted by atomic mass is 16.2. The first kappa shape index (κ1) is 17.2. The van der Waals surface area contributed by atoms with E-state index in [0.717, 1.165) is 12.0 Å². The molecule has 0 aromatic heterocycles. The van der Waals surface area contributed by atoms with Gasteiger partial charge in [-0.3, -0.25) is 9.59 Å². The zero-order valence-electron chi connectivity index (χ0n) is 13.6. The number of amides is 2. The smallest absolute Gasteiger partial charge is 0.312 e. The number of benzene rings is 1. The molecule has 1 aromatic carbocycles. The summed E-state index contributed by atoms with van der Waals surface area (Å²) in [5.41, 5.74) is 2.36. The third-order valence-corrected chi connectivity index (χ3v) is 3.36. The first-order valence-corrected chi connectivity index (χ1v) is 7.49. The second-order valence-corrected chi connectivity index (χ2v) is 5.89. The van der Waals surface area contributed by atoms with Crippen molar-refractivity contribution in [1.29, 1.82) is 0 Å². The van der Waals surface area contributed by atoms with Crippen molar-refractivity contribution in [3.05, 3.63) is 35.4 Å². The van der Waals surface area contributed by atoms with Crippen molar-refractivity contribution in [2.45, 2.75) is 53.1 Å². The van der Waals surface area contributed by atoms with E-state index < -0.39 is 11.8 Å². The number of nitrogens with one attached hydrogen (secondary N) is 1. The predicted octanol–water partition coefficient (Wildman–Crippen LogP) is 2.30. The quantitative estimate of drug-likeness (QED) is 0.846. The van der Waals surface area contributed by atoms with Gasteiger partial charge in [0.15, 0.2) is 0 Å². The largest absolute Gasteiger partial charge is 0.347 e. The fourth-order valence-electron chi connectivity index (χ4n) is 2.33. The first-order valence-electron chi connectivity index (χ1n) is 7.49. The maximum absolute atomic E-state index is 12.1. The van der Waals surface area contributed by atoms with E-state index in [1.54, 1.807) is 4.90 Å². The van der Waals surface area contributed by atoms with Crippen molar-refractivity contribution in [3.8, 4) is 0 Å². The predicted molar refractivity (Wildman–Crippen MR) is 85.0 cm³/mol. The van der Waals surface area contributed by atoms with Gasteiger partial charge in [-0.1, -0.05) is 29.8 Å². The Morgan fingerprint density at radius 1 is 1.05 bits per heavy atom. The Hall–Kier alpha value is -1.84. The highest BCUT2D eigenvalue weighted by Crippen LogP contribution is 2.06. The van der Waals surface area contributed by atoms with Crippen molar-refractivity contribution < 1.29 is 9.59 Å². The van der Waals surface area contributed by atoms with Crippen LogP contribution in [0.4, 0.5) is 0 Å². The lowest BCUT2D eigenvalue weighted by molar-refractivity contribution is -0.148. The maximum atomic E-state index is 12.1. The van der Waals surface area contributed by atoms with Crippen LogP contribution in [-0.2, 0) is 16.0 Å². The molecule has 0 atom stereocenters. The SMILES string of the molecule is Cc1ccc(CCNC(=O)C(=O)N(C(C)C)C(C)C)cc1. The Morgan fingerprint density at radius 3 is 2.05 bits per heavy atom. The number of hydrogen-bond acceptors (Lipinski definition) is 2. The summed E-state index contributed by atoms with van der Waals surface area (Å²) in [5.74, 6) is -0.978. The molecule has 0 aliphatic carbocycles. The zero-order valence-corrected chi connectivity index (χ0v) is 13.6. The molecule has 0 aliphatic rings. The Bertz CT molecular complexity index is 470. The molecule has 0 aliphatic heterocycles. The topological polar surface area (TPSA) is 49.4 Å². The van der Waals surface area contributed by atoms with Gasteiger partial charge in [-0.2, -0.15) is 0 Å². The summed E-state index contributed by atoms with van der Waals surface area (Å²) in [6, 6.07) is 8.19. The maximum Gasteiger partial charge on any atom is 0.312 e. The van der Waals surface area contributed by atoms with E-state index in [0.29, 0.717) is 6.54 Å². The molecule has 0 radical (unpaired) electrons. The number of hydrogen-bond donors (Lipinski definition) is 1. The Balaban J connectivity index is 2.49. The number of rotatable bonds is 5. The molecule has 0 spiro atoms. The molecule has 4 heteroatoms. The summed E-state index contributed by atoms with van der Waals surface area (Å²) in [4.78, 5) is 25.7. The fraction of sp³-hybridized carbons (Fsp3) is 0.529. The van der Waals surface area contributed by atoms with Crippen LogP contribution in [0.25, 0.3) is 0 Å². The molecule has 2 amide bonds. The molecular weight excluding hydrogens is 264 g/mol. The van der Waals surface area contributed by atoms with Crippen LogP contribution in [0.15, 0.2) is 24.3 Å². The van der Waals surface area contributed by atoms with Crippen molar-refractivity contribution in [3.63, 3.8) is 0 Å². The summed E-state index contributed by atoms with van der Waals surface area (Å²) in [6.45, 7) is 10.2. The average molecular weight is 290 g/mol. The molecule has 1 N–H and O–H groups in total. The van der Waals surface area contributed by atoms with Crippen molar-refractivity contribution in [2.75, 3.05) is 6.54 Å². The van der Waals surface area contributed by atoms with Gasteiger partial charge >= 0.3 is 11.8 Å². The third kappa shape index (κ3) is 5.21. The molecule has 1 rings (SSSR count). The summed E-state index contributed by atoms with van der Waals surface area (Å²) < 4.78 is 0. The van der Waals surface area contributed by atoms with Crippen LogP contribution < -0.4 is 5.32 Å². The van der Waals surface area contributed by atoms with Gasteiger partial charge in [-0.25, -0.2) is 0 Å². The molecule has 0 fully saturated rings. The number of nitrogens with zero attached hydrogens (tertiary/aromatic N) is 1. The highest BCUT2D eigenvalue weighted by Gasteiger charge is 2.25. The molecule has 0 saturated carbocycles. The molecule has 21 heavy (non-hydrogen) atoms. The Kier molecular flexibility index (Phi) is 6.40. The monoisotopic (exact) mass is 290 g/mol. The second kappa shape index (κ2) is 7.81. The lowest BCUT2D eigenvalue weighted by Crippen LogP contribution is -2.49. The van der Waals surface area contributed by atoms with Crippen molar-refractivity contribution in [2.24, 2.45) is 0 Å². The van der Waals surface area contributed by atoms with Crippen molar-refractivity contribution in [1.82, 2.24) is 10.2 Å². The number of carbonyl (C=O) groups is 2. The molecule has 1 aromatic rings. The van der Waals surface area contributed by atoms with Crippen LogP contribution >= 0.6 is 0 Å². The Labute approximate surface area is 127 Å². The average Bonchev–Trinajstić information content (AvgIpc) is 2.40. The molecular formula is C17H26N2O2. The summed E-state index contributed by atoms with van der Waals surface area (Å²) in [5, 5.41) is 2.71. The van der Waals surface area contributed by atoms with Gasteiger partial charge in [-0.15, -0.1) is 0 Å². The van der Waals surface area contributed by atoms with Gasteiger partial charge in [0.05, 0.1) is 0 Å². The molecule has 0 unspecified atom stereocenters. The van der Waals surface area contributed by atoms with Crippen LogP contribution in [0, 0.1) is 6.92 Å². The van der Waals surface area contributed by atoms with Crippen LogP contribution in [-0.4, -0.2) is 35.3 Å². The van der Waals surface area contributed by atoms with Gasteiger partial charge in [-0.05, 0) is 46.6 Å². The van der Waals surface area contributed by atoms with E-state index in [2.05, 4.69) is 5.32 Å². The second-order valence-electron chi connectivity index (χ2n) is 5.89. The zero-order chi connectivity index (χ0) is 16.0. The van der Waals surface area contributed by atoms with E-state index in [-0.39, 0.29) is 12.1 Å². The molecule has 0 bridgehead atoms. The van der Waals surface area contributed by atoms with E-state index in [1.807, 2.05) is 58.9 Å². The van der Waals surface area contributed by atoms with Gasteiger partial charge in [0, 0.05) is 18.6 Å². The summed E-state index contributed by atoms with van der Waals surface area (Å²) in [7, 11) is 0. The lowest BCUT2D eigenvalue weighted by atomic mass is 10.1. The Morgan fingerprint density at radius 2 is 1.57 bits per heavy atom. The van der Waals surface area contributed by atoms with Gasteiger partial charge in [0.2, 0.25) is 0 Å². The van der Waals surface area contributed by atoms with E-state index in [4.69, 9.17) is 0 Å². The summed E-state index contributed by atoms with van der Waals surface area (Å²) in [6.07, 6.45) is 0.725. The number of carbonyl (C=O) groups excluding carboxylic acids is 2. The standard InChI is InChI=1S/C17H26N2O2/c1-12(2)19(13(3)4)17(21)16(20)18-11-10-15-8-6-14(5)7-9-15/h6-9,12-13H,10-11H2,1-5H3,(H,18,20). The first-order chi connectivity index (χ1) is 9.82. The molecule has 4 nitrogen and oxygen atoms in total.